The minimum Gasteiger partial charge on any atom is -0.299 e. The maximum Gasteiger partial charge on any atom is 0.144 e. The van der Waals surface area contributed by atoms with E-state index in [1.54, 1.807) is 29.2 Å². The monoisotopic (exact) mass is 305 g/mol. The zero-order valence-electron chi connectivity index (χ0n) is 9.67. The Bertz CT molecular complexity index is 689. The molecule has 0 spiro atoms. The maximum absolute atomic E-state index is 10.8. The molecule has 2 aromatic rings. The lowest BCUT2D eigenvalue weighted by Crippen LogP contribution is -2.04. The molecule has 94 valence electrons. The summed E-state index contributed by atoms with van der Waals surface area (Å²) >= 11 is 9.15. The Labute approximate surface area is 123 Å². The van der Waals surface area contributed by atoms with E-state index in [1.165, 1.54) is 0 Å². The van der Waals surface area contributed by atoms with Crippen LogP contribution in [0.15, 0.2) is 56.6 Å². The molecule has 0 saturated heterocycles. The molecule has 1 aliphatic heterocycles. The summed E-state index contributed by atoms with van der Waals surface area (Å²) in [4.78, 5) is 18.4. The van der Waals surface area contributed by atoms with Crippen LogP contribution in [0.4, 0.5) is 5.69 Å². The van der Waals surface area contributed by atoms with Crippen LogP contribution < -0.4 is 0 Å². The minimum atomic E-state index is 0.663. The summed E-state index contributed by atoms with van der Waals surface area (Å²) in [6.45, 7) is 0. The van der Waals surface area contributed by atoms with E-state index in [0.29, 0.717) is 5.02 Å². The molecule has 0 atom stereocenters. The van der Waals surface area contributed by atoms with Crippen molar-refractivity contribution in [3.8, 4) is 0 Å². The van der Waals surface area contributed by atoms with Gasteiger partial charge in [0.25, 0.3) is 0 Å². The number of nitrogens with zero attached hydrogens (tertiary/aromatic N) is 1. The number of thiophene rings is 1. The molecule has 5 heteroatoms. The van der Waals surface area contributed by atoms with Crippen LogP contribution in [-0.4, -0.2) is 12.0 Å². The number of fused-ring (bicyclic) bond motifs is 1. The third-order valence-corrected chi connectivity index (χ3v) is 4.81. The molecular formula is C14H8ClNOS2. The average Bonchev–Trinajstić information content (AvgIpc) is 2.92. The number of thioether (sulfide) groups is 1. The molecular weight excluding hydrogens is 298 g/mol. The van der Waals surface area contributed by atoms with Crippen molar-refractivity contribution in [1.29, 1.82) is 0 Å². The van der Waals surface area contributed by atoms with Crippen LogP contribution in [0.1, 0.15) is 4.88 Å². The van der Waals surface area contributed by atoms with Crippen LogP contribution in [-0.2, 0) is 4.79 Å². The number of hydrogen-bond donors (Lipinski definition) is 0. The van der Waals surface area contributed by atoms with E-state index in [-0.39, 0.29) is 0 Å². The van der Waals surface area contributed by atoms with Crippen LogP contribution in [0, 0.1) is 0 Å². The van der Waals surface area contributed by atoms with Gasteiger partial charge in [-0.15, -0.1) is 11.3 Å². The van der Waals surface area contributed by atoms with Gasteiger partial charge in [-0.2, -0.15) is 0 Å². The second-order valence-electron chi connectivity index (χ2n) is 3.82. The van der Waals surface area contributed by atoms with Crippen LogP contribution in [0.2, 0.25) is 5.02 Å². The van der Waals surface area contributed by atoms with Crippen molar-refractivity contribution in [2.24, 2.45) is 4.99 Å². The second-order valence-corrected chi connectivity index (χ2v) is 6.29. The average molecular weight is 306 g/mol. The third-order valence-electron chi connectivity index (χ3n) is 2.58. The Morgan fingerprint density at radius 2 is 2.16 bits per heavy atom. The Morgan fingerprint density at radius 1 is 1.26 bits per heavy atom. The van der Waals surface area contributed by atoms with Crippen molar-refractivity contribution in [3.63, 3.8) is 0 Å². The molecule has 1 aromatic heterocycles. The Morgan fingerprint density at radius 3 is 2.89 bits per heavy atom. The van der Waals surface area contributed by atoms with E-state index in [9.17, 15) is 4.79 Å². The fraction of sp³-hybridized carbons (Fsp3) is 0. The zero-order valence-corrected chi connectivity index (χ0v) is 12.1. The van der Waals surface area contributed by atoms with Crippen molar-refractivity contribution in [3.05, 3.63) is 56.6 Å². The van der Waals surface area contributed by atoms with Gasteiger partial charge >= 0.3 is 0 Å². The summed E-state index contributed by atoms with van der Waals surface area (Å²) in [5.41, 5.74) is 1.69. The number of aldehydes is 1. The number of aliphatic imine (C=N–C) groups is 1. The molecule has 0 unspecified atom stereocenters. The first-order valence-electron chi connectivity index (χ1n) is 5.54. The minimum absolute atomic E-state index is 0.663. The quantitative estimate of drug-likeness (QED) is 0.594. The topological polar surface area (TPSA) is 29.4 Å². The molecule has 1 aromatic carbocycles. The van der Waals surface area contributed by atoms with Gasteiger partial charge < -0.3 is 0 Å². The smallest absolute Gasteiger partial charge is 0.144 e. The number of carbonyl (C=O) groups excluding carboxylic acids is 1. The van der Waals surface area contributed by atoms with Gasteiger partial charge in [-0.3, -0.25) is 4.79 Å². The molecule has 0 fully saturated rings. The van der Waals surface area contributed by atoms with Crippen molar-refractivity contribution >= 4 is 52.4 Å². The molecule has 0 aliphatic carbocycles. The Balaban J connectivity index is 2.17. The predicted octanol–water partition coefficient (Wildman–Crippen LogP) is 4.71. The fourth-order valence-electron chi connectivity index (χ4n) is 1.77. The molecule has 0 amide bonds. The second kappa shape index (κ2) is 5.33. The molecule has 2 heterocycles. The van der Waals surface area contributed by atoms with E-state index in [1.807, 2.05) is 35.7 Å². The van der Waals surface area contributed by atoms with Gasteiger partial charge in [0.2, 0.25) is 0 Å². The predicted molar refractivity (Wildman–Crippen MR) is 82.0 cm³/mol. The standard InChI is InChI=1S/C14H8ClNOS2/c15-9-3-4-11-10(8-9)16-14(12-2-1-7-18-12)13(19-11)5-6-17/h1-8H. The summed E-state index contributed by atoms with van der Waals surface area (Å²) in [7, 11) is 0. The van der Waals surface area contributed by atoms with Crippen LogP contribution in [0.25, 0.3) is 0 Å². The molecule has 0 saturated carbocycles. The largest absolute Gasteiger partial charge is 0.299 e. The lowest BCUT2D eigenvalue weighted by molar-refractivity contribution is -0.104. The molecule has 19 heavy (non-hydrogen) atoms. The van der Waals surface area contributed by atoms with E-state index < -0.39 is 0 Å². The number of hydrogen-bond acceptors (Lipinski definition) is 4. The summed E-state index contributed by atoms with van der Waals surface area (Å²) in [5, 5.41) is 2.66. The van der Waals surface area contributed by atoms with Crippen LogP contribution in [0.5, 0.6) is 0 Å². The van der Waals surface area contributed by atoms with Crippen molar-refractivity contribution < 1.29 is 4.79 Å². The maximum atomic E-state index is 10.8. The highest BCUT2D eigenvalue weighted by molar-refractivity contribution is 8.04. The van der Waals surface area contributed by atoms with E-state index in [0.717, 1.165) is 32.4 Å². The van der Waals surface area contributed by atoms with E-state index in [2.05, 4.69) is 4.99 Å². The number of allylic oxidation sites excluding steroid dienone is 2. The highest BCUT2D eigenvalue weighted by Crippen LogP contribution is 2.42. The first-order chi connectivity index (χ1) is 9.28. The van der Waals surface area contributed by atoms with Gasteiger partial charge in [0.05, 0.1) is 16.3 Å². The van der Waals surface area contributed by atoms with E-state index >= 15 is 0 Å². The number of halogens is 1. The van der Waals surface area contributed by atoms with Crippen LogP contribution in [0.3, 0.4) is 0 Å². The van der Waals surface area contributed by atoms with Crippen molar-refractivity contribution in [1.82, 2.24) is 0 Å². The highest BCUT2D eigenvalue weighted by Gasteiger charge is 2.20. The van der Waals surface area contributed by atoms with Gasteiger partial charge in [0.15, 0.2) is 0 Å². The van der Waals surface area contributed by atoms with Gasteiger partial charge in [-0.05, 0) is 35.7 Å². The third kappa shape index (κ3) is 2.52. The van der Waals surface area contributed by atoms with Gasteiger partial charge in [-0.25, -0.2) is 4.99 Å². The molecule has 2 nitrogen and oxygen atoms in total. The molecule has 0 N–H and O–H groups in total. The van der Waals surface area contributed by atoms with Gasteiger partial charge in [0.1, 0.15) is 6.29 Å². The first kappa shape index (κ1) is 12.7. The zero-order chi connectivity index (χ0) is 13.2. The number of benzene rings is 1. The molecule has 0 radical (unpaired) electrons. The van der Waals surface area contributed by atoms with Gasteiger partial charge in [-0.1, -0.05) is 29.4 Å². The summed E-state index contributed by atoms with van der Waals surface area (Å²) in [5.74, 6) is 0. The molecule has 1 aliphatic rings. The van der Waals surface area contributed by atoms with Gasteiger partial charge in [0, 0.05) is 14.8 Å². The van der Waals surface area contributed by atoms with E-state index in [4.69, 9.17) is 11.6 Å². The lowest BCUT2D eigenvalue weighted by atomic mass is 10.2. The summed E-state index contributed by atoms with van der Waals surface area (Å²) in [6, 6.07) is 9.57. The normalized spacial score (nSPS) is 16.1. The fourth-order valence-corrected chi connectivity index (χ4v) is 3.69. The molecule has 3 rings (SSSR count). The Hall–Kier alpha value is -1.36. The summed E-state index contributed by atoms with van der Waals surface area (Å²) in [6.07, 6.45) is 2.35. The molecule has 0 bridgehead atoms. The van der Waals surface area contributed by atoms with Crippen LogP contribution >= 0.6 is 34.7 Å². The Kier molecular flexibility index (Phi) is 3.55. The first-order valence-corrected chi connectivity index (χ1v) is 7.61. The lowest BCUT2D eigenvalue weighted by Gasteiger charge is -2.17. The SMILES string of the molecule is O=CC=C1Sc2ccc(Cl)cc2N=C1c1cccs1. The van der Waals surface area contributed by atoms with Crippen molar-refractivity contribution in [2.45, 2.75) is 4.90 Å². The number of rotatable bonds is 2. The van der Waals surface area contributed by atoms with Crippen molar-refractivity contribution in [2.75, 3.05) is 0 Å². The summed E-state index contributed by atoms with van der Waals surface area (Å²) < 4.78 is 0. The highest BCUT2D eigenvalue weighted by atomic mass is 35.5. The number of carbonyl (C=O) groups is 1.